The zero-order chi connectivity index (χ0) is 16.5. The standard InChI is InChI=1S/C19H26N2O3.ClH/c1-13-18(24-17-5-3-2-4-16(17)23-13)19(22)21-10-8-15(9-11-21)20-12-14-6-7-14;/h2-5,13-15,18,20H,6-12H2,1H3;1H. The highest BCUT2D eigenvalue weighted by molar-refractivity contribution is 5.85. The normalized spacial score (nSPS) is 26.0. The number of carbonyl (C=O) groups excluding carboxylic acids is 1. The van der Waals surface area contributed by atoms with Crippen molar-refractivity contribution in [2.24, 2.45) is 5.92 Å². The topological polar surface area (TPSA) is 50.8 Å². The number of halogens is 1. The summed E-state index contributed by atoms with van der Waals surface area (Å²) in [4.78, 5) is 14.8. The number of benzene rings is 1. The summed E-state index contributed by atoms with van der Waals surface area (Å²) >= 11 is 0. The van der Waals surface area contributed by atoms with Crippen LogP contribution in [0.5, 0.6) is 11.5 Å². The molecule has 2 fully saturated rings. The molecule has 2 atom stereocenters. The van der Waals surface area contributed by atoms with Gasteiger partial charge in [0.15, 0.2) is 11.5 Å². The highest BCUT2D eigenvalue weighted by atomic mass is 35.5. The fourth-order valence-electron chi connectivity index (χ4n) is 3.53. The van der Waals surface area contributed by atoms with Gasteiger partial charge in [-0.1, -0.05) is 12.1 Å². The number of nitrogens with one attached hydrogen (secondary N) is 1. The molecule has 138 valence electrons. The monoisotopic (exact) mass is 366 g/mol. The van der Waals surface area contributed by atoms with E-state index in [1.165, 1.54) is 12.8 Å². The highest BCUT2D eigenvalue weighted by Gasteiger charge is 2.38. The number of rotatable bonds is 4. The lowest BCUT2D eigenvalue weighted by molar-refractivity contribution is -0.145. The van der Waals surface area contributed by atoms with Gasteiger partial charge in [0.1, 0.15) is 6.10 Å². The third kappa shape index (κ3) is 4.21. The van der Waals surface area contributed by atoms with E-state index in [2.05, 4.69) is 5.32 Å². The summed E-state index contributed by atoms with van der Waals surface area (Å²) in [5, 5.41) is 3.65. The van der Waals surface area contributed by atoms with Crippen molar-refractivity contribution in [2.45, 2.75) is 50.9 Å². The Kier molecular flexibility index (Phi) is 5.74. The SMILES string of the molecule is CC1Oc2ccccc2OC1C(=O)N1CCC(NCC2CC2)CC1.Cl. The zero-order valence-corrected chi connectivity index (χ0v) is 15.5. The van der Waals surface area contributed by atoms with Gasteiger partial charge < -0.3 is 19.7 Å². The number of hydrogen-bond donors (Lipinski definition) is 1. The van der Waals surface area contributed by atoms with Crippen LogP contribution in [0.15, 0.2) is 24.3 Å². The van der Waals surface area contributed by atoms with E-state index in [1.54, 1.807) is 0 Å². The van der Waals surface area contributed by atoms with Gasteiger partial charge in [-0.15, -0.1) is 12.4 Å². The van der Waals surface area contributed by atoms with Crippen LogP contribution in [0.2, 0.25) is 0 Å². The zero-order valence-electron chi connectivity index (χ0n) is 14.6. The minimum Gasteiger partial charge on any atom is -0.482 e. The van der Waals surface area contributed by atoms with Gasteiger partial charge in [0.2, 0.25) is 6.10 Å². The van der Waals surface area contributed by atoms with Crippen molar-refractivity contribution >= 4 is 18.3 Å². The minimum atomic E-state index is -0.545. The van der Waals surface area contributed by atoms with Gasteiger partial charge in [-0.05, 0) is 57.2 Å². The van der Waals surface area contributed by atoms with Crippen LogP contribution in [0.3, 0.4) is 0 Å². The van der Waals surface area contributed by atoms with Crippen LogP contribution in [0.25, 0.3) is 0 Å². The Hall–Kier alpha value is -1.46. The molecule has 2 aliphatic heterocycles. The molecular formula is C19H27ClN2O3. The molecule has 6 heteroatoms. The number of para-hydroxylation sites is 2. The van der Waals surface area contributed by atoms with Crippen molar-refractivity contribution in [3.63, 3.8) is 0 Å². The van der Waals surface area contributed by atoms with Crippen LogP contribution >= 0.6 is 12.4 Å². The van der Waals surface area contributed by atoms with E-state index < -0.39 is 6.10 Å². The molecular weight excluding hydrogens is 340 g/mol. The first-order chi connectivity index (χ1) is 11.7. The summed E-state index contributed by atoms with van der Waals surface area (Å²) in [7, 11) is 0. The average Bonchev–Trinajstić information content (AvgIpc) is 3.44. The van der Waals surface area contributed by atoms with E-state index in [1.807, 2.05) is 36.1 Å². The maximum absolute atomic E-state index is 12.9. The predicted molar refractivity (Wildman–Crippen MR) is 98.5 cm³/mol. The number of carbonyl (C=O) groups is 1. The quantitative estimate of drug-likeness (QED) is 0.890. The van der Waals surface area contributed by atoms with Crippen molar-refractivity contribution < 1.29 is 14.3 Å². The molecule has 1 saturated heterocycles. The van der Waals surface area contributed by atoms with Crippen molar-refractivity contribution in [3.05, 3.63) is 24.3 Å². The van der Waals surface area contributed by atoms with Crippen LogP contribution < -0.4 is 14.8 Å². The first-order valence-corrected chi connectivity index (χ1v) is 9.15. The number of nitrogens with zero attached hydrogens (tertiary/aromatic N) is 1. The molecule has 1 aromatic rings. The molecule has 2 unspecified atom stereocenters. The summed E-state index contributed by atoms with van der Waals surface area (Å²) in [6, 6.07) is 8.10. The minimum absolute atomic E-state index is 0. The van der Waals surface area contributed by atoms with Gasteiger partial charge >= 0.3 is 0 Å². The summed E-state index contributed by atoms with van der Waals surface area (Å²) < 4.78 is 11.8. The molecule has 0 radical (unpaired) electrons. The van der Waals surface area contributed by atoms with Crippen LogP contribution in [-0.4, -0.2) is 48.7 Å². The van der Waals surface area contributed by atoms with E-state index in [0.29, 0.717) is 11.8 Å². The number of ether oxygens (including phenoxy) is 2. The summed E-state index contributed by atoms with van der Waals surface area (Å²) in [6.45, 7) is 4.65. The van der Waals surface area contributed by atoms with E-state index in [0.717, 1.165) is 44.1 Å². The molecule has 1 aliphatic carbocycles. The maximum atomic E-state index is 12.9. The molecule has 0 bridgehead atoms. The van der Waals surface area contributed by atoms with E-state index in [4.69, 9.17) is 9.47 Å². The first-order valence-electron chi connectivity index (χ1n) is 9.15. The lowest BCUT2D eigenvalue weighted by atomic mass is 10.0. The van der Waals surface area contributed by atoms with Crippen LogP contribution in [0.1, 0.15) is 32.6 Å². The molecule has 5 nitrogen and oxygen atoms in total. The fourth-order valence-corrected chi connectivity index (χ4v) is 3.53. The Morgan fingerprint density at radius 1 is 1.12 bits per heavy atom. The van der Waals surface area contributed by atoms with Crippen molar-refractivity contribution in [3.8, 4) is 11.5 Å². The predicted octanol–water partition coefficient (Wildman–Crippen LogP) is 2.63. The van der Waals surface area contributed by atoms with Gasteiger partial charge in [0, 0.05) is 19.1 Å². The Morgan fingerprint density at radius 3 is 2.40 bits per heavy atom. The lowest BCUT2D eigenvalue weighted by Crippen LogP contribution is -2.54. The van der Waals surface area contributed by atoms with Gasteiger partial charge in [0.25, 0.3) is 5.91 Å². The van der Waals surface area contributed by atoms with Gasteiger partial charge in [-0.2, -0.15) is 0 Å². The second-order valence-electron chi connectivity index (χ2n) is 7.26. The van der Waals surface area contributed by atoms with Crippen molar-refractivity contribution in [2.75, 3.05) is 19.6 Å². The Balaban J connectivity index is 0.00000182. The summed E-state index contributed by atoms with van der Waals surface area (Å²) in [5.74, 6) is 2.34. The van der Waals surface area contributed by atoms with Crippen LogP contribution in [0, 0.1) is 5.92 Å². The second kappa shape index (κ2) is 7.83. The number of amides is 1. The number of hydrogen-bond acceptors (Lipinski definition) is 4. The van der Waals surface area contributed by atoms with Gasteiger partial charge in [-0.3, -0.25) is 4.79 Å². The van der Waals surface area contributed by atoms with Crippen LogP contribution in [0.4, 0.5) is 0 Å². The third-order valence-corrected chi connectivity index (χ3v) is 5.28. The largest absolute Gasteiger partial charge is 0.482 e. The Labute approximate surface area is 155 Å². The molecule has 1 saturated carbocycles. The van der Waals surface area contributed by atoms with E-state index in [9.17, 15) is 4.79 Å². The molecule has 1 amide bonds. The molecule has 1 N–H and O–H groups in total. The van der Waals surface area contributed by atoms with Gasteiger partial charge in [0.05, 0.1) is 0 Å². The molecule has 4 rings (SSSR count). The third-order valence-electron chi connectivity index (χ3n) is 5.28. The smallest absolute Gasteiger partial charge is 0.267 e. The molecule has 25 heavy (non-hydrogen) atoms. The molecule has 0 aromatic heterocycles. The lowest BCUT2D eigenvalue weighted by Gasteiger charge is -2.37. The van der Waals surface area contributed by atoms with Crippen LogP contribution in [-0.2, 0) is 4.79 Å². The van der Waals surface area contributed by atoms with Crippen molar-refractivity contribution in [1.82, 2.24) is 10.2 Å². The first kappa shape index (κ1) is 18.3. The number of fused-ring (bicyclic) bond motifs is 1. The second-order valence-corrected chi connectivity index (χ2v) is 7.26. The molecule has 2 heterocycles. The summed E-state index contributed by atoms with van der Waals surface area (Å²) in [5.41, 5.74) is 0. The maximum Gasteiger partial charge on any atom is 0.267 e. The molecule has 3 aliphatic rings. The highest BCUT2D eigenvalue weighted by Crippen LogP contribution is 2.34. The molecule has 0 spiro atoms. The Morgan fingerprint density at radius 2 is 1.76 bits per heavy atom. The van der Waals surface area contributed by atoms with Crippen molar-refractivity contribution in [1.29, 1.82) is 0 Å². The summed E-state index contributed by atoms with van der Waals surface area (Å²) in [6.07, 6.45) is 3.99. The number of piperidine rings is 1. The average molecular weight is 367 g/mol. The number of likely N-dealkylation sites (tertiary alicyclic amines) is 1. The molecule has 1 aromatic carbocycles. The van der Waals surface area contributed by atoms with E-state index >= 15 is 0 Å². The van der Waals surface area contributed by atoms with E-state index in [-0.39, 0.29) is 24.4 Å². The van der Waals surface area contributed by atoms with Gasteiger partial charge in [-0.25, -0.2) is 0 Å². The Bertz CT molecular complexity index is 600. The fraction of sp³-hybridized carbons (Fsp3) is 0.632.